The van der Waals surface area contributed by atoms with Crippen LogP contribution >= 0.6 is 0 Å². The first-order valence-electron chi connectivity index (χ1n) is 10.1. The number of rotatable bonds is 4. The lowest BCUT2D eigenvalue weighted by Crippen LogP contribution is -2.52. The molecule has 8 heteroatoms. The second-order valence-corrected chi connectivity index (χ2v) is 8.07. The number of carboxylic acid groups (broad SMARTS) is 1. The van der Waals surface area contributed by atoms with E-state index in [9.17, 15) is 25.2 Å². The number of pyridine rings is 1. The van der Waals surface area contributed by atoms with Gasteiger partial charge < -0.3 is 29.9 Å². The van der Waals surface area contributed by atoms with Crippen molar-refractivity contribution in [1.82, 2.24) is 4.98 Å². The van der Waals surface area contributed by atoms with Gasteiger partial charge in [-0.15, -0.1) is 0 Å². The van der Waals surface area contributed by atoms with Gasteiger partial charge in [-0.05, 0) is 23.3 Å². The molecule has 1 aromatic heterocycles. The van der Waals surface area contributed by atoms with Crippen LogP contribution in [-0.4, -0.2) is 44.6 Å². The molecule has 2 heterocycles. The molecule has 1 fully saturated rings. The van der Waals surface area contributed by atoms with Gasteiger partial charge in [0, 0.05) is 12.0 Å². The van der Waals surface area contributed by atoms with Crippen LogP contribution in [-0.2, 0) is 16.0 Å². The molecule has 0 saturated heterocycles. The Kier molecular flexibility index (Phi) is 4.40. The number of benzene rings is 2. The lowest BCUT2D eigenvalue weighted by atomic mass is 9.71. The lowest BCUT2D eigenvalue weighted by molar-refractivity contribution is -0.160. The molecule has 0 spiro atoms. The van der Waals surface area contributed by atoms with Crippen LogP contribution in [0, 0.1) is 5.92 Å². The number of aliphatic carboxylic acids is 1. The Bertz CT molecular complexity index is 1180. The summed E-state index contributed by atoms with van der Waals surface area (Å²) in [5.41, 5.74) is -2.94. The molecule has 3 aromatic rings. The smallest absolute Gasteiger partial charge is 0.310 e. The van der Waals surface area contributed by atoms with Crippen LogP contribution in [0.3, 0.4) is 0 Å². The first kappa shape index (κ1) is 20.3. The number of aliphatic hydroxyl groups excluding tert-OH is 1. The van der Waals surface area contributed by atoms with Crippen LogP contribution < -0.4 is 9.47 Å². The molecule has 32 heavy (non-hydrogen) atoms. The van der Waals surface area contributed by atoms with E-state index in [-0.39, 0.29) is 17.2 Å². The molecule has 5 rings (SSSR count). The molecule has 0 radical (unpaired) electrons. The van der Waals surface area contributed by atoms with E-state index >= 15 is 0 Å². The first-order valence-corrected chi connectivity index (χ1v) is 10.1. The van der Waals surface area contributed by atoms with E-state index in [2.05, 4.69) is 4.98 Å². The summed E-state index contributed by atoms with van der Waals surface area (Å²) in [5.74, 6) is -3.19. The molecule has 1 aliphatic heterocycles. The largest absolute Gasteiger partial charge is 0.506 e. The summed E-state index contributed by atoms with van der Waals surface area (Å²) < 4.78 is 11.6. The van der Waals surface area contributed by atoms with E-state index in [1.54, 1.807) is 54.6 Å². The minimum Gasteiger partial charge on any atom is -0.506 e. The second-order valence-electron chi connectivity index (χ2n) is 8.07. The molecule has 1 unspecified atom stereocenters. The summed E-state index contributed by atoms with van der Waals surface area (Å²) in [4.78, 5) is 16.5. The van der Waals surface area contributed by atoms with Gasteiger partial charge in [0.2, 0.25) is 0 Å². The number of methoxy groups -OCH3 is 1. The predicted octanol–water partition coefficient (Wildman–Crippen LogP) is 2.13. The molecule has 8 nitrogen and oxygen atoms in total. The minimum absolute atomic E-state index is 0.0247. The average Bonchev–Trinajstić information content (AvgIpc) is 3.17. The zero-order valence-corrected chi connectivity index (χ0v) is 17.0. The lowest BCUT2D eigenvalue weighted by Gasteiger charge is -2.40. The zero-order chi connectivity index (χ0) is 22.7. The standard InChI is InChI=1S/C24H21NO7/c1-31-16-9-7-14(8-10-16)24-19(13-5-3-2-4-6-13)18(22(28)29)21(27)23(24,30)20-17(32-24)11-15(26)12-25-20/h2-12,18-19,21,26-27,30H,1H3,(H,28,29)/t18-,19-,21-,23?,24+/m1/s1. The SMILES string of the molecule is COc1ccc([C@@]23Oc4cc(O)cnc4C2(O)[C@H](O)[C@H](C(=O)O)[C@H]3c2ccccc2)cc1. The topological polar surface area (TPSA) is 129 Å². The van der Waals surface area contributed by atoms with Gasteiger partial charge in [-0.2, -0.15) is 0 Å². The van der Waals surface area contributed by atoms with Crippen molar-refractivity contribution >= 4 is 5.97 Å². The summed E-state index contributed by atoms with van der Waals surface area (Å²) in [6.07, 6.45) is -0.617. The maximum absolute atomic E-state index is 12.4. The van der Waals surface area contributed by atoms with E-state index in [0.717, 1.165) is 6.20 Å². The second kappa shape index (κ2) is 6.94. The van der Waals surface area contributed by atoms with Crippen LogP contribution in [0.15, 0.2) is 66.9 Å². The van der Waals surface area contributed by atoms with Gasteiger partial charge in [-0.25, -0.2) is 0 Å². The van der Waals surface area contributed by atoms with Crippen LogP contribution in [0.2, 0.25) is 0 Å². The molecule has 1 saturated carbocycles. The van der Waals surface area contributed by atoms with Gasteiger partial charge in [0.15, 0.2) is 11.2 Å². The maximum Gasteiger partial charge on any atom is 0.310 e. The molecule has 2 aliphatic rings. The van der Waals surface area contributed by atoms with Crippen molar-refractivity contribution in [2.45, 2.75) is 23.2 Å². The number of fused-ring (bicyclic) bond motifs is 3. The van der Waals surface area contributed by atoms with E-state index in [4.69, 9.17) is 9.47 Å². The summed E-state index contributed by atoms with van der Waals surface area (Å²) in [6, 6.07) is 16.8. The highest BCUT2D eigenvalue weighted by Crippen LogP contribution is 2.68. The Morgan fingerprint density at radius 1 is 1.12 bits per heavy atom. The predicted molar refractivity (Wildman–Crippen MR) is 111 cm³/mol. The third kappa shape index (κ3) is 2.44. The van der Waals surface area contributed by atoms with E-state index in [0.29, 0.717) is 16.9 Å². The van der Waals surface area contributed by atoms with Crippen molar-refractivity contribution in [1.29, 1.82) is 0 Å². The Balaban J connectivity index is 1.85. The molecule has 1 aliphatic carbocycles. The molecule has 0 amide bonds. The van der Waals surface area contributed by atoms with Gasteiger partial charge in [-0.1, -0.05) is 42.5 Å². The van der Waals surface area contributed by atoms with Crippen molar-refractivity contribution in [3.63, 3.8) is 0 Å². The molecule has 5 atom stereocenters. The van der Waals surface area contributed by atoms with Gasteiger partial charge in [0.1, 0.15) is 29.0 Å². The highest BCUT2D eigenvalue weighted by Gasteiger charge is 2.78. The van der Waals surface area contributed by atoms with Gasteiger partial charge in [-0.3, -0.25) is 9.78 Å². The molecule has 0 bridgehead atoms. The number of aromatic nitrogens is 1. The maximum atomic E-state index is 12.4. The molecular weight excluding hydrogens is 414 g/mol. The Hall–Kier alpha value is -3.62. The first-order chi connectivity index (χ1) is 15.3. The summed E-state index contributed by atoms with van der Waals surface area (Å²) in [5, 5.41) is 43.5. The van der Waals surface area contributed by atoms with Crippen LogP contribution in [0.1, 0.15) is 22.7 Å². The minimum atomic E-state index is -2.20. The number of aliphatic hydroxyl groups is 2. The van der Waals surface area contributed by atoms with Crippen molar-refractivity contribution in [2.24, 2.45) is 5.92 Å². The zero-order valence-electron chi connectivity index (χ0n) is 17.0. The van der Waals surface area contributed by atoms with E-state index in [1.807, 2.05) is 0 Å². The monoisotopic (exact) mass is 435 g/mol. The quantitative estimate of drug-likeness (QED) is 0.491. The summed E-state index contributed by atoms with van der Waals surface area (Å²) in [7, 11) is 1.52. The number of hydrogen-bond acceptors (Lipinski definition) is 7. The van der Waals surface area contributed by atoms with E-state index < -0.39 is 35.1 Å². The Morgan fingerprint density at radius 2 is 1.81 bits per heavy atom. The fraction of sp³-hybridized carbons (Fsp3) is 0.250. The van der Waals surface area contributed by atoms with Crippen LogP contribution in [0.5, 0.6) is 17.2 Å². The third-order valence-corrected chi connectivity index (χ3v) is 6.56. The molecule has 2 aromatic carbocycles. The number of nitrogens with zero attached hydrogens (tertiary/aromatic N) is 1. The third-order valence-electron chi connectivity index (χ3n) is 6.56. The average molecular weight is 435 g/mol. The molecule has 4 N–H and O–H groups in total. The van der Waals surface area contributed by atoms with Gasteiger partial charge in [0.05, 0.1) is 19.2 Å². The molecule has 164 valence electrons. The number of carbonyl (C=O) groups is 1. The normalized spacial score (nSPS) is 30.3. The Morgan fingerprint density at radius 3 is 2.44 bits per heavy atom. The van der Waals surface area contributed by atoms with Crippen LogP contribution in [0.25, 0.3) is 0 Å². The summed E-state index contributed by atoms with van der Waals surface area (Å²) in [6.45, 7) is 0. The van der Waals surface area contributed by atoms with Crippen molar-refractivity contribution < 1.29 is 34.7 Å². The Labute approximate surface area is 183 Å². The van der Waals surface area contributed by atoms with Crippen molar-refractivity contribution in [2.75, 3.05) is 7.11 Å². The van der Waals surface area contributed by atoms with Gasteiger partial charge >= 0.3 is 5.97 Å². The fourth-order valence-corrected chi connectivity index (χ4v) is 5.26. The number of aromatic hydroxyl groups is 1. The number of ether oxygens (including phenoxy) is 2. The van der Waals surface area contributed by atoms with Crippen LogP contribution in [0.4, 0.5) is 0 Å². The fourth-order valence-electron chi connectivity index (χ4n) is 5.26. The van der Waals surface area contributed by atoms with E-state index in [1.165, 1.54) is 13.2 Å². The van der Waals surface area contributed by atoms with Gasteiger partial charge in [0.25, 0.3) is 0 Å². The highest BCUT2D eigenvalue weighted by atomic mass is 16.5. The van der Waals surface area contributed by atoms with Crippen molar-refractivity contribution in [3.05, 3.63) is 83.7 Å². The number of hydrogen-bond donors (Lipinski definition) is 4. The van der Waals surface area contributed by atoms with Crippen molar-refractivity contribution in [3.8, 4) is 17.2 Å². The summed E-state index contributed by atoms with van der Waals surface area (Å²) >= 11 is 0. The molecular formula is C24H21NO7. The number of carboxylic acids is 1. The highest BCUT2D eigenvalue weighted by molar-refractivity contribution is 5.76.